The minimum absolute atomic E-state index is 0.158. The Morgan fingerprint density at radius 2 is 2.00 bits per heavy atom. The fraction of sp³-hybridized carbons (Fsp3) is 0.294. The molecule has 1 aromatic carbocycles. The van der Waals surface area contributed by atoms with Crippen LogP contribution in [-0.4, -0.2) is 9.55 Å². The van der Waals surface area contributed by atoms with Crippen molar-refractivity contribution in [2.24, 2.45) is 0 Å². The van der Waals surface area contributed by atoms with Crippen molar-refractivity contribution in [1.29, 1.82) is 0 Å². The van der Waals surface area contributed by atoms with E-state index in [0.29, 0.717) is 6.54 Å². The standard InChI is InChI=1S/C17H14N2OS/c20-17-14-12-7-3-4-8-13(12)21-16(14)18-15-11-6-2-1-5-10(11)9-19(15)17/h1-2,5-6H,3-4,7-9H2. The van der Waals surface area contributed by atoms with Gasteiger partial charge in [-0.25, -0.2) is 4.98 Å². The predicted molar refractivity (Wildman–Crippen MR) is 85.1 cm³/mol. The van der Waals surface area contributed by atoms with E-state index in [2.05, 4.69) is 12.1 Å². The molecule has 0 unspecified atom stereocenters. The van der Waals surface area contributed by atoms with E-state index in [-0.39, 0.29) is 5.56 Å². The number of fused-ring (bicyclic) bond motifs is 6. The second-order valence-corrected chi connectivity index (χ2v) is 6.96. The summed E-state index contributed by atoms with van der Waals surface area (Å²) in [6.07, 6.45) is 4.59. The predicted octanol–water partition coefficient (Wildman–Crippen LogP) is 3.37. The van der Waals surface area contributed by atoms with Crippen molar-refractivity contribution in [3.63, 3.8) is 0 Å². The van der Waals surface area contributed by atoms with Gasteiger partial charge in [0.2, 0.25) is 0 Å². The molecule has 21 heavy (non-hydrogen) atoms. The molecule has 0 radical (unpaired) electrons. The molecule has 0 atom stereocenters. The molecule has 1 aliphatic heterocycles. The lowest BCUT2D eigenvalue weighted by Crippen LogP contribution is -2.20. The van der Waals surface area contributed by atoms with E-state index in [0.717, 1.165) is 34.4 Å². The Morgan fingerprint density at radius 1 is 1.14 bits per heavy atom. The Bertz CT molecular complexity index is 951. The molecule has 0 saturated heterocycles. The molecule has 1 aliphatic carbocycles. The summed E-state index contributed by atoms with van der Waals surface area (Å²) in [7, 11) is 0. The number of hydrogen-bond acceptors (Lipinski definition) is 3. The molecule has 4 heteroatoms. The van der Waals surface area contributed by atoms with Crippen LogP contribution < -0.4 is 5.56 Å². The first kappa shape index (κ1) is 11.7. The quantitative estimate of drug-likeness (QED) is 0.498. The van der Waals surface area contributed by atoms with Crippen LogP contribution in [0.15, 0.2) is 29.1 Å². The zero-order valence-electron chi connectivity index (χ0n) is 11.6. The number of rotatable bonds is 0. The van der Waals surface area contributed by atoms with Crippen LogP contribution in [0.5, 0.6) is 0 Å². The van der Waals surface area contributed by atoms with Gasteiger partial charge in [-0.2, -0.15) is 0 Å². The van der Waals surface area contributed by atoms with Gasteiger partial charge in [0.25, 0.3) is 5.56 Å². The van der Waals surface area contributed by atoms with Gasteiger partial charge >= 0.3 is 0 Å². The molecule has 3 nitrogen and oxygen atoms in total. The Labute approximate surface area is 125 Å². The van der Waals surface area contributed by atoms with Gasteiger partial charge < -0.3 is 0 Å². The molecule has 0 bridgehead atoms. The summed E-state index contributed by atoms with van der Waals surface area (Å²) >= 11 is 1.73. The number of aromatic nitrogens is 2. The van der Waals surface area contributed by atoms with E-state index < -0.39 is 0 Å². The van der Waals surface area contributed by atoms with Gasteiger partial charge in [-0.15, -0.1) is 11.3 Å². The van der Waals surface area contributed by atoms with Gasteiger partial charge in [-0.05, 0) is 36.8 Å². The highest BCUT2D eigenvalue weighted by Crippen LogP contribution is 2.36. The molecule has 0 saturated carbocycles. The smallest absolute Gasteiger partial charge is 0.263 e. The lowest BCUT2D eigenvalue weighted by atomic mass is 9.97. The third-order valence-corrected chi connectivity index (χ3v) is 5.85. The van der Waals surface area contributed by atoms with Crippen molar-refractivity contribution in [3.8, 4) is 11.4 Å². The molecule has 5 rings (SSSR count). The highest BCUT2D eigenvalue weighted by atomic mass is 32.1. The van der Waals surface area contributed by atoms with E-state index in [1.807, 2.05) is 16.7 Å². The summed E-state index contributed by atoms with van der Waals surface area (Å²) in [6, 6.07) is 8.21. The maximum Gasteiger partial charge on any atom is 0.263 e. The zero-order valence-corrected chi connectivity index (χ0v) is 12.4. The number of hydrogen-bond donors (Lipinski definition) is 0. The fourth-order valence-electron chi connectivity index (χ4n) is 3.64. The molecule has 0 amide bonds. The Balaban J connectivity index is 1.88. The van der Waals surface area contributed by atoms with Crippen LogP contribution in [0.4, 0.5) is 0 Å². The molecule has 0 N–H and O–H groups in total. The summed E-state index contributed by atoms with van der Waals surface area (Å²) in [5.74, 6) is 0.849. The number of thiophene rings is 1. The second-order valence-electron chi connectivity index (χ2n) is 5.87. The van der Waals surface area contributed by atoms with Crippen LogP contribution in [0.25, 0.3) is 21.6 Å². The summed E-state index contributed by atoms with van der Waals surface area (Å²) in [5, 5.41) is 0.895. The fourth-order valence-corrected chi connectivity index (χ4v) is 4.89. The van der Waals surface area contributed by atoms with Crippen molar-refractivity contribution in [2.45, 2.75) is 32.2 Å². The molecule has 104 valence electrons. The van der Waals surface area contributed by atoms with Crippen molar-refractivity contribution in [3.05, 3.63) is 50.6 Å². The minimum Gasteiger partial charge on any atom is -0.288 e. The Kier molecular flexibility index (Phi) is 2.25. The zero-order chi connectivity index (χ0) is 14.0. The van der Waals surface area contributed by atoms with Gasteiger partial charge in [0, 0.05) is 10.4 Å². The van der Waals surface area contributed by atoms with E-state index in [1.165, 1.54) is 28.8 Å². The van der Waals surface area contributed by atoms with Gasteiger partial charge in [0.05, 0.1) is 11.9 Å². The highest BCUT2D eigenvalue weighted by Gasteiger charge is 2.26. The van der Waals surface area contributed by atoms with Crippen molar-refractivity contribution >= 4 is 21.6 Å². The van der Waals surface area contributed by atoms with Gasteiger partial charge in [0.1, 0.15) is 10.7 Å². The normalized spacial score (nSPS) is 15.8. The Hall–Kier alpha value is -1.94. The average Bonchev–Trinajstić information content (AvgIpc) is 3.06. The SMILES string of the molecule is O=c1c2c3c(sc2nc2n1Cc1ccccc1-2)CCCC3. The first-order chi connectivity index (χ1) is 10.3. The summed E-state index contributed by atoms with van der Waals surface area (Å²) < 4.78 is 1.86. The molecule has 2 aromatic heterocycles. The van der Waals surface area contributed by atoms with Gasteiger partial charge in [-0.3, -0.25) is 9.36 Å². The number of aryl methyl sites for hydroxylation is 2. The molecular weight excluding hydrogens is 280 g/mol. The van der Waals surface area contributed by atoms with Crippen LogP contribution in [0.3, 0.4) is 0 Å². The number of nitrogens with zero attached hydrogens (tertiary/aromatic N) is 2. The van der Waals surface area contributed by atoms with Crippen LogP contribution >= 0.6 is 11.3 Å². The van der Waals surface area contributed by atoms with Gasteiger partial charge in [0.15, 0.2) is 0 Å². The lowest BCUT2D eigenvalue weighted by Gasteiger charge is -2.10. The van der Waals surface area contributed by atoms with E-state index in [4.69, 9.17) is 4.98 Å². The van der Waals surface area contributed by atoms with E-state index in [1.54, 1.807) is 11.3 Å². The molecule has 3 aromatic rings. The molecule has 0 spiro atoms. The van der Waals surface area contributed by atoms with Crippen molar-refractivity contribution < 1.29 is 0 Å². The third-order valence-electron chi connectivity index (χ3n) is 4.66. The number of benzene rings is 1. The topological polar surface area (TPSA) is 34.9 Å². The second kappa shape index (κ2) is 4.04. The summed E-state index contributed by atoms with van der Waals surface area (Å²) in [5.41, 5.74) is 3.76. The van der Waals surface area contributed by atoms with E-state index >= 15 is 0 Å². The van der Waals surface area contributed by atoms with Crippen LogP contribution in [-0.2, 0) is 19.4 Å². The van der Waals surface area contributed by atoms with E-state index in [9.17, 15) is 4.79 Å². The minimum atomic E-state index is 0.158. The molecule has 0 fully saturated rings. The first-order valence-electron chi connectivity index (χ1n) is 7.46. The van der Waals surface area contributed by atoms with Crippen LogP contribution in [0, 0.1) is 0 Å². The summed E-state index contributed by atoms with van der Waals surface area (Å²) in [6.45, 7) is 0.665. The lowest BCUT2D eigenvalue weighted by molar-refractivity contribution is 0.698. The Morgan fingerprint density at radius 3 is 2.95 bits per heavy atom. The largest absolute Gasteiger partial charge is 0.288 e. The summed E-state index contributed by atoms with van der Waals surface area (Å²) in [4.78, 5) is 20.1. The van der Waals surface area contributed by atoms with Crippen molar-refractivity contribution in [2.75, 3.05) is 0 Å². The first-order valence-corrected chi connectivity index (χ1v) is 8.28. The maximum atomic E-state index is 13.0. The maximum absolute atomic E-state index is 13.0. The van der Waals surface area contributed by atoms with Crippen molar-refractivity contribution in [1.82, 2.24) is 9.55 Å². The van der Waals surface area contributed by atoms with Gasteiger partial charge in [-0.1, -0.05) is 24.3 Å². The highest BCUT2D eigenvalue weighted by molar-refractivity contribution is 7.18. The van der Waals surface area contributed by atoms with Crippen LogP contribution in [0.1, 0.15) is 28.8 Å². The third kappa shape index (κ3) is 1.48. The van der Waals surface area contributed by atoms with Crippen LogP contribution in [0.2, 0.25) is 0 Å². The average molecular weight is 294 g/mol. The molecule has 2 aliphatic rings. The monoisotopic (exact) mass is 294 g/mol. The molecule has 3 heterocycles. The molecular formula is C17H14N2OS.